The number of halogens is 1. The first-order valence-electron chi connectivity index (χ1n) is 7.41. The van der Waals surface area contributed by atoms with Crippen LogP contribution in [0.1, 0.15) is 33.4 Å². The van der Waals surface area contributed by atoms with Gasteiger partial charge in [-0.25, -0.2) is 14.8 Å². The molecule has 0 saturated carbocycles. The second-order valence-corrected chi connectivity index (χ2v) is 6.94. The van der Waals surface area contributed by atoms with Crippen LogP contribution >= 0.6 is 11.6 Å². The molecular formula is C15H23ClN4O2. The molecule has 1 aromatic heterocycles. The number of nitrogens with zero attached hydrogens (tertiary/aromatic N) is 4. The Hall–Kier alpha value is -1.56. The average Bonchev–Trinajstić information content (AvgIpc) is 2.35. The largest absolute Gasteiger partial charge is 0.444 e. The summed E-state index contributed by atoms with van der Waals surface area (Å²) in [7, 11) is 0. The highest BCUT2D eigenvalue weighted by atomic mass is 35.5. The fourth-order valence-corrected chi connectivity index (χ4v) is 2.66. The van der Waals surface area contributed by atoms with E-state index in [0.717, 1.165) is 11.5 Å². The Bertz CT molecular complexity index is 539. The van der Waals surface area contributed by atoms with Gasteiger partial charge in [-0.3, -0.25) is 0 Å². The van der Waals surface area contributed by atoms with E-state index in [1.807, 2.05) is 40.7 Å². The van der Waals surface area contributed by atoms with Gasteiger partial charge in [0.05, 0.1) is 0 Å². The molecule has 1 atom stereocenters. The van der Waals surface area contributed by atoms with Crippen molar-refractivity contribution in [3.8, 4) is 0 Å². The molecular weight excluding hydrogens is 304 g/mol. The highest BCUT2D eigenvalue weighted by molar-refractivity contribution is 6.28. The van der Waals surface area contributed by atoms with Crippen molar-refractivity contribution in [1.29, 1.82) is 0 Å². The van der Waals surface area contributed by atoms with Crippen molar-refractivity contribution in [3.05, 3.63) is 17.0 Å². The Labute approximate surface area is 136 Å². The third-order valence-electron chi connectivity index (χ3n) is 3.39. The van der Waals surface area contributed by atoms with Gasteiger partial charge in [0.1, 0.15) is 11.4 Å². The first-order valence-corrected chi connectivity index (χ1v) is 7.79. The molecule has 1 saturated heterocycles. The lowest BCUT2D eigenvalue weighted by Gasteiger charge is -2.40. The number of aryl methyl sites for hydroxylation is 1. The topological polar surface area (TPSA) is 58.6 Å². The quantitative estimate of drug-likeness (QED) is 0.743. The van der Waals surface area contributed by atoms with Gasteiger partial charge in [0.25, 0.3) is 0 Å². The van der Waals surface area contributed by atoms with Crippen LogP contribution in [0, 0.1) is 6.92 Å². The van der Waals surface area contributed by atoms with Crippen molar-refractivity contribution >= 4 is 23.5 Å². The molecule has 122 valence electrons. The maximum absolute atomic E-state index is 12.2. The van der Waals surface area contributed by atoms with Gasteiger partial charge in [0, 0.05) is 37.4 Å². The van der Waals surface area contributed by atoms with Crippen molar-refractivity contribution in [2.45, 2.75) is 46.3 Å². The van der Waals surface area contributed by atoms with Gasteiger partial charge >= 0.3 is 6.09 Å². The lowest BCUT2D eigenvalue weighted by molar-refractivity contribution is 0.0158. The number of hydrogen-bond donors (Lipinski definition) is 0. The summed E-state index contributed by atoms with van der Waals surface area (Å²) in [5, 5.41) is 0.247. The minimum absolute atomic E-state index is 0.0395. The predicted octanol–water partition coefficient (Wildman–Crippen LogP) is 2.88. The fourth-order valence-electron chi connectivity index (χ4n) is 2.44. The van der Waals surface area contributed by atoms with Crippen LogP contribution in [-0.2, 0) is 4.74 Å². The van der Waals surface area contributed by atoms with Crippen molar-refractivity contribution in [2.24, 2.45) is 0 Å². The Kier molecular flexibility index (Phi) is 4.80. The highest BCUT2D eigenvalue weighted by Gasteiger charge is 2.31. The summed E-state index contributed by atoms with van der Waals surface area (Å²) in [5.74, 6) is 0.799. The zero-order valence-electron chi connectivity index (χ0n) is 13.8. The number of carbonyl (C=O) groups is 1. The van der Waals surface area contributed by atoms with Gasteiger partial charge in [-0.1, -0.05) is 0 Å². The number of hydrogen-bond acceptors (Lipinski definition) is 5. The van der Waals surface area contributed by atoms with Crippen molar-refractivity contribution in [2.75, 3.05) is 24.5 Å². The molecule has 1 aliphatic heterocycles. The van der Waals surface area contributed by atoms with Crippen LogP contribution < -0.4 is 4.90 Å². The third-order valence-corrected chi connectivity index (χ3v) is 3.56. The standard InChI is InChI=1S/C15H23ClN4O2/c1-10-8-12(18-13(16)17-10)19-6-7-20(11(2)9-19)14(21)22-15(3,4)5/h8,11H,6-7,9H2,1-5H3/t11-/m0/s1. The molecule has 0 aromatic carbocycles. The molecule has 0 aliphatic carbocycles. The molecule has 1 aromatic rings. The second kappa shape index (κ2) is 6.28. The molecule has 0 radical (unpaired) electrons. The SMILES string of the molecule is Cc1cc(N2CCN(C(=O)OC(C)(C)C)[C@@H](C)C2)nc(Cl)n1. The normalized spacial score (nSPS) is 19.3. The molecule has 1 fully saturated rings. The number of amides is 1. The summed E-state index contributed by atoms with van der Waals surface area (Å²) in [6.45, 7) is 11.5. The van der Waals surface area contributed by atoms with E-state index < -0.39 is 5.60 Å². The monoisotopic (exact) mass is 326 g/mol. The number of aromatic nitrogens is 2. The number of piperazine rings is 1. The Morgan fingerprint density at radius 2 is 2.05 bits per heavy atom. The predicted molar refractivity (Wildman–Crippen MR) is 86.4 cm³/mol. The van der Waals surface area contributed by atoms with E-state index >= 15 is 0 Å². The van der Waals surface area contributed by atoms with Crippen molar-refractivity contribution in [3.63, 3.8) is 0 Å². The van der Waals surface area contributed by atoms with E-state index in [2.05, 4.69) is 14.9 Å². The van der Waals surface area contributed by atoms with Gasteiger partial charge in [-0.2, -0.15) is 0 Å². The van der Waals surface area contributed by atoms with Crippen LogP contribution in [-0.4, -0.2) is 52.2 Å². The number of carbonyl (C=O) groups excluding carboxylic acids is 1. The first kappa shape index (κ1) is 16.8. The molecule has 1 aliphatic rings. The summed E-state index contributed by atoms with van der Waals surface area (Å²) in [4.78, 5) is 24.4. The van der Waals surface area contributed by atoms with Gasteiger partial charge in [-0.05, 0) is 46.2 Å². The van der Waals surface area contributed by atoms with Gasteiger partial charge in [0.15, 0.2) is 0 Å². The maximum Gasteiger partial charge on any atom is 0.410 e. The van der Waals surface area contributed by atoms with Crippen LogP contribution in [0.25, 0.3) is 0 Å². The van der Waals surface area contributed by atoms with Crippen LogP contribution in [0.15, 0.2) is 6.07 Å². The number of rotatable bonds is 1. The molecule has 0 unspecified atom stereocenters. The van der Waals surface area contributed by atoms with Crippen LogP contribution in [0.3, 0.4) is 0 Å². The Morgan fingerprint density at radius 3 is 2.59 bits per heavy atom. The van der Waals surface area contributed by atoms with E-state index in [9.17, 15) is 4.79 Å². The van der Waals surface area contributed by atoms with E-state index in [1.165, 1.54) is 0 Å². The lowest BCUT2D eigenvalue weighted by Crippen LogP contribution is -2.55. The minimum Gasteiger partial charge on any atom is -0.444 e. The highest BCUT2D eigenvalue weighted by Crippen LogP contribution is 2.21. The molecule has 0 N–H and O–H groups in total. The van der Waals surface area contributed by atoms with E-state index in [1.54, 1.807) is 4.90 Å². The van der Waals surface area contributed by atoms with Crippen LogP contribution in [0.2, 0.25) is 5.28 Å². The molecule has 0 bridgehead atoms. The zero-order chi connectivity index (χ0) is 16.5. The molecule has 7 heteroatoms. The smallest absolute Gasteiger partial charge is 0.410 e. The summed E-state index contributed by atoms with van der Waals surface area (Å²) in [6, 6.07) is 1.94. The van der Waals surface area contributed by atoms with Gasteiger partial charge in [-0.15, -0.1) is 0 Å². The fraction of sp³-hybridized carbons (Fsp3) is 0.667. The lowest BCUT2D eigenvalue weighted by atomic mass is 10.2. The van der Waals surface area contributed by atoms with Crippen molar-refractivity contribution in [1.82, 2.24) is 14.9 Å². The Balaban J connectivity index is 2.05. The number of ether oxygens (including phenoxy) is 1. The molecule has 0 spiro atoms. The summed E-state index contributed by atoms with van der Waals surface area (Å²) >= 11 is 5.92. The summed E-state index contributed by atoms with van der Waals surface area (Å²) in [5.41, 5.74) is 0.350. The summed E-state index contributed by atoms with van der Waals surface area (Å²) < 4.78 is 5.45. The maximum atomic E-state index is 12.2. The summed E-state index contributed by atoms with van der Waals surface area (Å²) in [6.07, 6.45) is -0.267. The van der Waals surface area contributed by atoms with E-state index in [4.69, 9.17) is 16.3 Å². The number of anilines is 1. The molecule has 2 rings (SSSR count). The van der Waals surface area contributed by atoms with Gasteiger partial charge in [0.2, 0.25) is 5.28 Å². The van der Waals surface area contributed by atoms with Gasteiger partial charge < -0.3 is 14.5 Å². The first-order chi connectivity index (χ1) is 10.2. The average molecular weight is 327 g/mol. The Morgan fingerprint density at radius 1 is 1.36 bits per heavy atom. The molecule has 1 amide bonds. The van der Waals surface area contributed by atoms with Crippen molar-refractivity contribution < 1.29 is 9.53 Å². The van der Waals surface area contributed by atoms with E-state index in [0.29, 0.717) is 19.6 Å². The molecule has 2 heterocycles. The second-order valence-electron chi connectivity index (χ2n) is 6.61. The molecule has 6 nitrogen and oxygen atoms in total. The van der Waals surface area contributed by atoms with Crippen LogP contribution in [0.4, 0.5) is 10.6 Å². The molecule has 22 heavy (non-hydrogen) atoms. The minimum atomic E-state index is -0.481. The zero-order valence-corrected chi connectivity index (χ0v) is 14.5. The van der Waals surface area contributed by atoms with E-state index in [-0.39, 0.29) is 17.4 Å². The third kappa shape index (κ3) is 4.22. The van der Waals surface area contributed by atoms with Crippen LogP contribution in [0.5, 0.6) is 0 Å².